The highest BCUT2D eigenvalue weighted by Crippen LogP contribution is 2.36. The summed E-state index contributed by atoms with van der Waals surface area (Å²) >= 11 is 7.55. The van der Waals surface area contributed by atoms with E-state index < -0.39 is 5.60 Å². The van der Waals surface area contributed by atoms with E-state index in [1.807, 2.05) is 31.2 Å². The van der Waals surface area contributed by atoms with Crippen molar-refractivity contribution in [3.63, 3.8) is 0 Å². The average molecular weight is 423 g/mol. The second-order valence-corrected chi connectivity index (χ2v) is 9.68. The first-order valence-corrected chi connectivity index (χ1v) is 11.3. The monoisotopic (exact) mass is 422 g/mol. The number of nitrogens with zero attached hydrogens (tertiary/aromatic N) is 2. The molecule has 1 aliphatic rings. The molecule has 6 heteroatoms. The van der Waals surface area contributed by atoms with E-state index in [2.05, 4.69) is 18.7 Å². The van der Waals surface area contributed by atoms with Gasteiger partial charge in [0.25, 0.3) is 0 Å². The van der Waals surface area contributed by atoms with Crippen LogP contribution in [0.4, 0.5) is 0 Å². The maximum atomic E-state index is 11.3. The number of likely N-dealkylation sites (tertiary alicyclic amines) is 1. The molecule has 0 amide bonds. The van der Waals surface area contributed by atoms with Crippen LogP contribution in [0.1, 0.15) is 48.7 Å². The molecule has 0 saturated carbocycles. The molecule has 154 valence electrons. The first-order chi connectivity index (χ1) is 13.4. The quantitative estimate of drug-likeness (QED) is 0.677. The zero-order chi connectivity index (χ0) is 20.1. The zero-order valence-electron chi connectivity index (χ0n) is 17.1. The molecule has 1 saturated heterocycles. The number of aliphatic hydroxyl groups is 1. The first kappa shape index (κ1) is 21.6. The summed E-state index contributed by atoms with van der Waals surface area (Å²) in [6, 6.07) is 7.42. The SMILES string of the molecule is Cc1nc(C2(O)CCCN(CC(C)C)CC2)sc1CCOc1ccc(Cl)cc1. The first-order valence-electron chi connectivity index (χ1n) is 10.2. The highest BCUT2D eigenvalue weighted by atomic mass is 35.5. The summed E-state index contributed by atoms with van der Waals surface area (Å²) < 4.78 is 5.82. The van der Waals surface area contributed by atoms with Gasteiger partial charge in [-0.15, -0.1) is 11.3 Å². The Balaban J connectivity index is 1.60. The number of hydrogen-bond donors (Lipinski definition) is 1. The van der Waals surface area contributed by atoms with Crippen LogP contribution in [0.3, 0.4) is 0 Å². The largest absolute Gasteiger partial charge is 0.493 e. The van der Waals surface area contributed by atoms with Crippen LogP contribution < -0.4 is 4.74 Å². The molecule has 28 heavy (non-hydrogen) atoms. The van der Waals surface area contributed by atoms with E-state index in [-0.39, 0.29) is 0 Å². The third-order valence-corrected chi connectivity index (χ3v) is 6.89. The minimum Gasteiger partial charge on any atom is -0.493 e. The molecule has 1 aliphatic heterocycles. The summed E-state index contributed by atoms with van der Waals surface area (Å²) in [7, 11) is 0. The molecule has 1 fully saturated rings. The Labute approximate surface area is 177 Å². The van der Waals surface area contributed by atoms with E-state index in [1.54, 1.807) is 11.3 Å². The van der Waals surface area contributed by atoms with Crippen LogP contribution in [-0.4, -0.2) is 41.2 Å². The second kappa shape index (κ2) is 9.57. The number of halogens is 1. The lowest BCUT2D eigenvalue weighted by Crippen LogP contribution is -2.31. The van der Waals surface area contributed by atoms with Gasteiger partial charge in [0.05, 0.1) is 12.3 Å². The van der Waals surface area contributed by atoms with Gasteiger partial charge in [0.1, 0.15) is 16.4 Å². The van der Waals surface area contributed by atoms with E-state index in [0.29, 0.717) is 17.5 Å². The van der Waals surface area contributed by atoms with E-state index in [9.17, 15) is 5.11 Å². The third-order valence-electron chi connectivity index (χ3n) is 5.23. The standard InChI is InChI=1S/C22H31ClN2O2S/c1-16(2)15-25-12-4-10-22(26,11-13-25)21-24-17(3)20(28-21)9-14-27-19-7-5-18(23)6-8-19/h5-8,16,26H,4,9-15H2,1-3H3. The van der Waals surface area contributed by atoms with Gasteiger partial charge < -0.3 is 14.7 Å². The molecule has 0 spiro atoms. The van der Waals surface area contributed by atoms with Crippen LogP contribution in [0.5, 0.6) is 5.75 Å². The molecular weight excluding hydrogens is 392 g/mol. The molecule has 1 N–H and O–H groups in total. The van der Waals surface area contributed by atoms with Gasteiger partial charge in [-0.1, -0.05) is 25.4 Å². The lowest BCUT2D eigenvalue weighted by Gasteiger charge is -2.25. The number of aromatic nitrogens is 1. The van der Waals surface area contributed by atoms with Crippen LogP contribution in [0, 0.1) is 12.8 Å². The van der Waals surface area contributed by atoms with E-state index >= 15 is 0 Å². The van der Waals surface area contributed by atoms with Crippen molar-refractivity contribution in [3.8, 4) is 5.75 Å². The second-order valence-electron chi connectivity index (χ2n) is 8.16. The maximum absolute atomic E-state index is 11.3. The Morgan fingerprint density at radius 3 is 2.71 bits per heavy atom. The molecule has 4 nitrogen and oxygen atoms in total. The number of benzene rings is 1. The third kappa shape index (κ3) is 5.69. The van der Waals surface area contributed by atoms with Gasteiger partial charge >= 0.3 is 0 Å². The van der Waals surface area contributed by atoms with Gasteiger partial charge in [0, 0.05) is 29.4 Å². The lowest BCUT2D eigenvalue weighted by atomic mass is 9.96. The number of aryl methyl sites for hydroxylation is 1. The fourth-order valence-corrected chi connectivity index (χ4v) is 5.05. The van der Waals surface area contributed by atoms with Gasteiger partial charge in [0.15, 0.2) is 0 Å². The Morgan fingerprint density at radius 2 is 2.00 bits per heavy atom. The fourth-order valence-electron chi connectivity index (χ4n) is 3.74. The fraction of sp³-hybridized carbons (Fsp3) is 0.591. The Bertz CT molecular complexity index is 762. The van der Waals surface area contributed by atoms with Crippen molar-refractivity contribution in [1.82, 2.24) is 9.88 Å². The highest BCUT2D eigenvalue weighted by molar-refractivity contribution is 7.11. The minimum absolute atomic E-state index is 0.588. The van der Waals surface area contributed by atoms with Crippen LogP contribution >= 0.6 is 22.9 Å². The normalized spacial score (nSPS) is 21.1. The van der Waals surface area contributed by atoms with Gasteiger partial charge in [0.2, 0.25) is 0 Å². The van der Waals surface area contributed by atoms with Crippen molar-refractivity contribution >= 4 is 22.9 Å². The van der Waals surface area contributed by atoms with Gasteiger partial charge in [-0.3, -0.25) is 0 Å². The zero-order valence-corrected chi connectivity index (χ0v) is 18.7. The minimum atomic E-state index is -0.795. The van der Waals surface area contributed by atoms with E-state index in [0.717, 1.165) is 61.8 Å². The van der Waals surface area contributed by atoms with Crippen LogP contribution in [0.15, 0.2) is 24.3 Å². The molecule has 0 bridgehead atoms. The van der Waals surface area contributed by atoms with Crippen molar-refractivity contribution < 1.29 is 9.84 Å². The van der Waals surface area contributed by atoms with E-state index in [1.165, 1.54) is 4.88 Å². The topological polar surface area (TPSA) is 45.6 Å². The molecule has 1 aromatic heterocycles. The van der Waals surface area contributed by atoms with Crippen molar-refractivity contribution in [2.45, 2.75) is 52.1 Å². The number of thiazole rings is 1. The highest BCUT2D eigenvalue weighted by Gasteiger charge is 2.35. The van der Waals surface area contributed by atoms with Gasteiger partial charge in [-0.25, -0.2) is 4.98 Å². The van der Waals surface area contributed by atoms with Gasteiger partial charge in [-0.2, -0.15) is 0 Å². The molecule has 0 aliphatic carbocycles. The predicted octanol–water partition coefficient (Wildman–Crippen LogP) is 5.06. The van der Waals surface area contributed by atoms with Crippen molar-refractivity contribution in [1.29, 1.82) is 0 Å². The summed E-state index contributed by atoms with van der Waals surface area (Å²) in [5.41, 5.74) is 0.215. The van der Waals surface area contributed by atoms with Crippen LogP contribution in [-0.2, 0) is 12.0 Å². The average Bonchev–Trinajstić information content (AvgIpc) is 2.92. The summed E-state index contributed by atoms with van der Waals surface area (Å²) in [6.07, 6.45) is 3.35. The summed E-state index contributed by atoms with van der Waals surface area (Å²) in [5.74, 6) is 1.47. The molecule has 1 atom stereocenters. The molecule has 1 aromatic carbocycles. The summed E-state index contributed by atoms with van der Waals surface area (Å²) in [5, 5.41) is 12.9. The maximum Gasteiger partial charge on any atom is 0.125 e. The van der Waals surface area contributed by atoms with E-state index in [4.69, 9.17) is 21.3 Å². The molecular formula is C22H31ClN2O2S. The Hall–Kier alpha value is -1.14. The number of ether oxygens (including phenoxy) is 1. The Kier molecular flexibility index (Phi) is 7.37. The van der Waals surface area contributed by atoms with Gasteiger partial charge in [-0.05, 0) is 62.9 Å². The lowest BCUT2D eigenvalue weighted by molar-refractivity contribution is 0.0206. The number of rotatable bonds is 7. The summed E-state index contributed by atoms with van der Waals surface area (Å²) in [6.45, 7) is 10.2. The molecule has 3 rings (SSSR count). The smallest absolute Gasteiger partial charge is 0.125 e. The van der Waals surface area contributed by atoms with Crippen molar-refractivity contribution in [3.05, 3.63) is 44.9 Å². The Morgan fingerprint density at radius 1 is 1.25 bits per heavy atom. The summed E-state index contributed by atoms with van der Waals surface area (Å²) in [4.78, 5) is 8.42. The molecule has 0 radical (unpaired) electrons. The van der Waals surface area contributed by atoms with Crippen molar-refractivity contribution in [2.24, 2.45) is 5.92 Å². The molecule has 2 heterocycles. The number of hydrogen-bond acceptors (Lipinski definition) is 5. The van der Waals surface area contributed by atoms with Crippen LogP contribution in [0.25, 0.3) is 0 Å². The predicted molar refractivity (Wildman–Crippen MR) is 117 cm³/mol. The van der Waals surface area contributed by atoms with Crippen molar-refractivity contribution in [2.75, 3.05) is 26.2 Å². The molecule has 1 unspecified atom stereocenters. The van der Waals surface area contributed by atoms with Crippen LogP contribution in [0.2, 0.25) is 5.02 Å². The molecule has 2 aromatic rings.